The van der Waals surface area contributed by atoms with Crippen molar-refractivity contribution in [3.8, 4) is 11.5 Å². The van der Waals surface area contributed by atoms with Crippen molar-refractivity contribution >= 4 is 11.6 Å². The molecule has 7 heteroatoms. The lowest BCUT2D eigenvalue weighted by Gasteiger charge is -2.49. The van der Waals surface area contributed by atoms with Crippen molar-refractivity contribution in [2.75, 3.05) is 38.6 Å². The lowest BCUT2D eigenvalue weighted by atomic mass is 9.74. The number of aryl methyl sites for hydroxylation is 1. The monoisotopic (exact) mass is 445 g/mol. The number of furan rings is 1. The molecule has 0 saturated carbocycles. The SMILES string of the molecule is Cc1nc(-c2ccco2)cc(C2CN3CCC2CC3CNC(=O)c2ccc(N(C)C)cc2)n1. The number of rotatable bonds is 6. The number of anilines is 1. The van der Waals surface area contributed by atoms with Crippen molar-refractivity contribution in [2.24, 2.45) is 5.92 Å². The third-order valence-corrected chi connectivity index (χ3v) is 7.03. The zero-order valence-electron chi connectivity index (χ0n) is 19.5. The fourth-order valence-corrected chi connectivity index (χ4v) is 5.24. The van der Waals surface area contributed by atoms with Crippen LogP contribution in [0.5, 0.6) is 0 Å². The molecular formula is C26H31N5O2. The van der Waals surface area contributed by atoms with Crippen LogP contribution < -0.4 is 10.2 Å². The topological polar surface area (TPSA) is 74.5 Å². The average molecular weight is 446 g/mol. The predicted molar refractivity (Wildman–Crippen MR) is 128 cm³/mol. The van der Waals surface area contributed by atoms with E-state index >= 15 is 0 Å². The molecule has 172 valence electrons. The van der Waals surface area contributed by atoms with Crippen LogP contribution in [-0.2, 0) is 0 Å². The summed E-state index contributed by atoms with van der Waals surface area (Å²) in [5.74, 6) is 2.51. The molecular weight excluding hydrogens is 414 g/mol. The molecule has 0 radical (unpaired) electrons. The van der Waals surface area contributed by atoms with E-state index in [0.717, 1.165) is 48.2 Å². The van der Waals surface area contributed by atoms with E-state index in [2.05, 4.69) is 21.3 Å². The number of piperidine rings is 3. The number of benzene rings is 1. The summed E-state index contributed by atoms with van der Waals surface area (Å²) in [4.78, 5) is 26.6. The summed E-state index contributed by atoms with van der Waals surface area (Å²) >= 11 is 0. The molecule has 3 aliphatic rings. The van der Waals surface area contributed by atoms with E-state index in [1.165, 1.54) is 6.42 Å². The Balaban J connectivity index is 1.23. The summed E-state index contributed by atoms with van der Waals surface area (Å²) in [5.41, 5.74) is 3.75. The van der Waals surface area contributed by atoms with Crippen LogP contribution in [0.1, 0.15) is 40.6 Å². The molecule has 4 unspecified atom stereocenters. The van der Waals surface area contributed by atoms with Gasteiger partial charge in [-0.1, -0.05) is 0 Å². The van der Waals surface area contributed by atoms with E-state index in [4.69, 9.17) is 9.40 Å². The lowest BCUT2D eigenvalue weighted by molar-refractivity contribution is 0.0290. The largest absolute Gasteiger partial charge is 0.463 e. The molecule has 2 bridgehead atoms. The van der Waals surface area contributed by atoms with Crippen LogP contribution in [0, 0.1) is 12.8 Å². The molecule has 33 heavy (non-hydrogen) atoms. The number of fused-ring (bicyclic) bond motifs is 3. The molecule has 1 aromatic carbocycles. The van der Waals surface area contributed by atoms with Crippen LogP contribution in [0.3, 0.4) is 0 Å². The second-order valence-corrected chi connectivity index (χ2v) is 9.39. The zero-order valence-corrected chi connectivity index (χ0v) is 19.5. The number of aromatic nitrogens is 2. The number of nitrogens with zero attached hydrogens (tertiary/aromatic N) is 4. The molecule has 7 nitrogen and oxygen atoms in total. The highest BCUT2D eigenvalue weighted by Crippen LogP contribution is 2.41. The maximum absolute atomic E-state index is 12.7. The van der Waals surface area contributed by atoms with Crippen molar-refractivity contribution in [1.29, 1.82) is 0 Å². The van der Waals surface area contributed by atoms with Gasteiger partial charge in [-0.3, -0.25) is 9.69 Å². The average Bonchev–Trinajstić information content (AvgIpc) is 3.38. The Kier molecular flexibility index (Phi) is 5.89. The number of hydrogen-bond donors (Lipinski definition) is 1. The van der Waals surface area contributed by atoms with Gasteiger partial charge in [-0.15, -0.1) is 0 Å². The Morgan fingerprint density at radius 1 is 1.21 bits per heavy atom. The molecule has 1 N–H and O–H groups in total. The minimum absolute atomic E-state index is 0.00554. The molecule has 3 aromatic rings. The quantitative estimate of drug-likeness (QED) is 0.623. The second-order valence-electron chi connectivity index (χ2n) is 9.39. The van der Waals surface area contributed by atoms with Crippen LogP contribution in [-0.4, -0.2) is 60.5 Å². The molecule has 3 saturated heterocycles. The van der Waals surface area contributed by atoms with Gasteiger partial charge in [0.2, 0.25) is 0 Å². The molecule has 6 rings (SSSR count). The van der Waals surface area contributed by atoms with E-state index in [1.807, 2.05) is 62.3 Å². The van der Waals surface area contributed by atoms with Gasteiger partial charge in [0.15, 0.2) is 5.76 Å². The van der Waals surface area contributed by atoms with Crippen molar-refractivity contribution in [3.63, 3.8) is 0 Å². The summed E-state index contributed by atoms with van der Waals surface area (Å²) in [6, 6.07) is 14.0. The Bertz CT molecular complexity index is 1110. The first-order valence-corrected chi connectivity index (χ1v) is 11.7. The van der Waals surface area contributed by atoms with Gasteiger partial charge < -0.3 is 14.6 Å². The summed E-state index contributed by atoms with van der Waals surface area (Å²) in [5, 5.41) is 3.16. The standard InChI is InChI=1S/C26H31N5O2/c1-17-28-23(14-24(29-17)25-5-4-12-33-25)22-16-31-11-10-19(22)13-21(31)15-27-26(32)18-6-8-20(9-7-18)30(2)3/h4-9,12,14,19,21-22H,10-11,13,15-16H2,1-3H3,(H,27,32). The van der Waals surface area contributed by atoms with Crippen molar-refractivity contribution in [1.82, 2.24) is 20.2 Å². The Hall–Kier alpha value is -3.19. The van der Waals surface area contributed by atoms with E-state index in [-0.39, 0.29) is 5.91 Å². The molecule has 2 aromatic heterocycles. The van der Waals surface area contributed by atoms with Gasteiger partial charge in [0.1, 0.15) is 11.5 Å². The molecule has 1 amide bonds. The van der Waals surface area contributed by atoms with Gasteiger partial charge in [0.25, 0.3) is 5.91 Å². The molecule has 0 spiro atoms. The normalized spacial score (nSPS) is 24.0. The number of hydrogen-bond acceptors (Lipinski definition) is 6. The fourth-order valence-electron chi connectivity index (χ4n) is 5.24. The van der Waals surface area contributed by atoms with Gasteiger partial charge in [-0.2, -0.15) is 0 Å². The van der Waals surface area contributed by atoms with Gasteiger partial charge >= 0.3 is 0 Å². The lowest BCUT2D eigenvalue weighted by Crippen LogP contribution is -2.56. The molecule has 3 fully saturated rings. The number of carbonyl (C=O) groups is 1. The van der Waals surface area contributed by atoms with E-state index in [9.17, 15) is 4.79 Å². The van der Waals surface area contributed by atoms with Crippen molar-refractivity contribution in [2.45, 2.75) is 31.7 Å². The zero-order chi connectivity index (χ0) is 22.9. The number of carbonyl (C=O) groups excluding carboxylic acids is 1. The predicted octanol–water partition coefficient (Wildman–Crippen LogP) is 3.72. The van der Waals surface area contributed by atoms with E-state index in [1.54, 1.807) is 6.26 Å². The highest BCUT2D eigenvalue weighted by atomic mass is 16.3. The Labute approximate surface area is 194 Å². The van der Waals surface area contributed by atoms with Crippen LogP contribution in [0.25, 0.3) is 11.5 Å². The van der Waals surface area contributed by atoms with Gasteiger partial charge in [-0.25, -0.2) is 9.97 Å². The summed E-state index contributed by atoms with van der Waals surface area (Å²) in [6.07, 6.45) is 3.92. The van der Waals surface area contributed by atoms with Crippen LogP contribution in [0.4, 0.5) is 5.69 Å². The number of nitrogens with one attached hydrogen (secondary N) is 1. The first-order valence-electron chi connectivity index (χ1n) is 11.7. The van der Waals surface area contributed by atoms with Gasteiger partial charge in [-0.05, 0) is 74.7 Å². The van der Waals surface area contributed by atoms with Crippen LogP contribution in [0.2, 0.25) is 0 Å². The summed E-state index contributed by atoms with van der Waals surface area (Å²) in [7, 11) is 3.99. The Morgan fingerprint density at radius 3 is 2.70 bits per heavy atom. The Morgan fingerprint density at radius 2 is 2.03 bits per heavy atom. The highest BCUT2D eigenvalue weighted by Gasteiger charge is 2.41. The summed E-state index contributed by atoms with van der Waals surface area (Å²) < 4.78 is 5.56. The van der Waals surface area contributed by atoms with Gasteiger partial charge in [0.05, 0.1) is 6.26 Å². The fraction of sp³-hybridized carbons (Fsp3) is 0.423. The van der Waals surface area contributed by atoms with Gasteiger partial charge in [0, 0.05) is 56.1 Å². The maximum Gasteiger partial charge on any atom is 0.251 e. The van der Waals surface area contributed by atoms with E-state index in [0.29, 0.717) is 30.0 Å². The minimum Gasteiger partial charge on any atom is -0.463 e. The van der Waals surface area contributed by atoms with Crippen molar-refractivity contribution in [3.05, 3.63) is 65.8 Å². The second kappa shape index (κ2) is 8.98. The maximum atomic E-state index is 12.7. The molecule has 0 aliphatic carbocycles. The highest BCUT2D eigenvalue weighted by molar-refractivity contribution is 5.94. The third kappa shape index (κ3) is 4.50. The number of amides is 1. The smallest absolute Gasteiger partial charge is 0.251 e. The first kappa shape index (κ1) is 21.6. The third-order valence-electron chi connectivity index (χ3n) is 7.03. The molecule has 4 atom stereocenters. The van der Waals surface area contributed by atoms with Crippen LogP contribution >= 0.6 is 0 Å². The van der Waals surface area contributed by atoms with Crippen LogP contribution in [0.15, 0.2) is 53.1 Å². The van der Waals surface area contributed by atoms with Crippen molar-refractivity contribution < 1.29 is 9.21 Å². The molecule has 3 aliphatic heterocycles. The molecule has 5 heterocycles. The first-order chi connectivity index (χ1) is 16.0. The van der Waals surface area contributed by atoms with E-state index < -0.39 is 0 Å². The minimum atomic E-state index is -0.00554. The summed E-state index contributed by atoms with van der Waals surface area (Å²) in [6.45, 7) is 4.67.